The van der Waals surface area contributed by atoms with Gasteiger partial charge in [0.05, 0.1) is 0 Å². The fourth-order valence-electron chi connectivity index (χ4n) is 3.51. The van der Waals surface area contributed by atoms with Gasteiger partial charge in [-0.1, -0.05) is 12.1 Å². The minimum absolute atomic E-state index is 0.0938. The number of benzene rings is 1. The maximum atomic E-state index is 12.8. The number of rotatable bonds is 6. The van der Waals surface area contributed by atoms with Gasteiger partial charge in [-0.3, -0.25) is 9.59 Å². The molecule has 0 radical (unpaired) electrons. The van der Waals surface area contributed by atoms with Crippen molar-refractivity contribution in [3.05, 3.63) is 42.7 Å². The molecule has 1 unspecified atom stereocenters. The molecule has 9 heteroatoms. The van der Waals surface area contributed by atoms with Crippen LogP contribution in [0.3, 0.4) is 0 Å². The molecule has 9 nitrogen and oxygen atoms in total. The van der Waals surface area contributed by atoms with Crippen molar-refractivity contribution in [2.75, 3.05) is 44.6 Å². The van der Waals surface area contributed by atoms with Crippen molar-refractivity contribution >= 4 is 17.8 Å². The number of nitrogens with zero attached hydrogens (tertiary/aromatic N) is 4. The Balaban J connectivity index is 1.18. The molecule has 1 atom stereocenters. The summed E-state index contributed by atoms with van der Waals surface area (Å²) < 4.78 is 11.5. The Kier molecular flexibility index (Phi) is 6.26. The van der Waals surface area contributed by atoms with Crippen molar-refractivity contribution in [3.63, 3.8) is 0 Å². The Morgan fingerprint density at radius 2 is 1.70 bits per heavy atom. The molecule has 0 saturated carbocycles. The molecule has 2 amide bonds. The Hall–Kier alpha value is -3.36. The zero-order valence-electron chi connectivity index (χ0n) is 16.7. The van der Waals surface area contributed by atoms with Crippen LogP contribution >= 0.6 is 0 Å². The Bertz CT molecular complexity index is 871. The summed E-state index contributed by atoms with van der Waals surface area (Å²) in [4.78, 5) is 37.0. The van der Waals surface area contributed by atoms with Crippen LogP contribution in [0.15, 0.2) is 42.7 Å². The van der Waals surface area contributed by atoms with Gasteiger partial charge >= 0.3 is 0 Å². The molecule has 1 aromatic carbocycles. The average molecular weight is 411 g/mol. The number of para-hydroxylation sites is 2. The van der Waals surface area contributed by atoms with E-state index in [0.29, 0.717) is 63.0 Å². The topological polar surface area (TPSA) is 96.9 Å². The highest BCUT2D eigenvalue weighted by Gasteiger charge is 2.33. The summed E-state index contributed by atoms with van der Waals surface area (Å²) in [5.74, 6) is 1.82. The van der Waals surface area contributed by atoms with E-state index in [1.807, 2.05) is 23.1 Å². The van der Waals surface area contributed by atoms with E-state index in [0.717, 1.165) is 0 Å². The molecule has 2 aromatic rings. The highest BCUT2D eigenvalue weighted by molar-refractivity contribution is 5.82. The number of carbonyl (C=O) groups excluding carboxylic acids is 2. The summed E-state index contributed by atoms with van der Waals surface area (Å²) in [6, 6.07) is 9.09. The largest absolute Gasteiger partial charge is 0.485 e. The second-order valence-electron chi connectivity index (χ2n) is 7.17. The fraction of sp³-hybridized carbons (Fsp3) is 0.429. The summed E-state index contributed by atoms with van der Waals surface area (Å²) in [7, 11) is 0. The molecular weight excluding hydrogens is 386 g/mol. The molecule has 30 heavy (non-hydrogen) atoms. The van der Waals surface area contributed by atoms with Crippen molar-refractivity contribution in [2.45, 2.75) is 18.9 Å². The van der Waals surface area contributed by atoms with E-state index in [2.05, 4.69) is 15.3 Å². The normalized spacial score (nSPS) is 18.1. The van der Waals surface area contributed by atoms with Crippen molar-refractivity contribution in [2.24, 2.45) is 0 Å². The standard InChI is InChI=1S/C21H25N5O4/c27-19(7-3-8-22-21-23-9-4-10-24-21)25-11-13-26(14-12-25)20(28)18-15-29-16-5-1-2-6-17(16)30-18/h1-2,4-6,9-10,18H,3,7-8,11-15H2,(H,22,23,24). The number of ether oxygens (including phenoxy) is 2. The lowest BCUT2D eigenvalue weighted by atomic mass is 10.2. The molecule has 0 spiro atoms. The summed E-state index contributed by atoms with van der Waals surface area (Å²) in [5, 5.41) is 3.10. The Labute approximate surface area is 175 Å². The zero-order chi connectivity index (χ0) is 20.8. The summed E-state index contributed by atoms with van der Waals surface area (Å²) in [5.41, 5.74) is 0. The van der Waals surface area contributed by atoms with Crippen LogP contribution in [0.1, 0.15) is 12.8 Å². The molecule has 1 saturated heterocycles. The highest BCUT2D eigenvalue weighted by Crippen LogP contribution is 2.31. The van der Waals surface area contributed by atoms with E-state index in [4.69, 9.17) is 9.47 Å². The molecule has 2 aliphatic heterocycles. The van der Waals surface area contributed by atoms with Gasteiger partial charge in [-0.15, -0.1) is 0 Å². The van der Waals surface area contributed by atoms with Gasteiger partial charge in [0.2, 0.25) is 18.0 Å². The van der Waals surface area contributed by atoms with Crippen LogP contribution in [0.25, 0.3) is 0 Å². The zero-order valence-corrected chi connectivity index (χ0v) is 16.7. The smallest absolute Gasteiger partial charge is 0.267 e. The number of hydrogen-bond acceptors (Lipinski definition) is 7. The number of aromatic nitrogens is 2. The van der Waals surface area contributed by atoms with Crippen LogP contribution in [0.5, 0.6) is 11.5 Å². The molecule has 2 aliphatic rings. The minimum atomic E-state index is -0.645. The number of amides is 2. The van der Waals surface area contributed by atoms with Crippen LogP contribution in [0.4, 0.5) is 5.95 Å². The van der Waals surface area contributed by atoms with Gasteiger partial charge in [-0.25, -0.2) is 9.97 Å². The first-order valence-corrected chi connectivity index (χ1v) is 10.2. The van der Waals surface area contributed by atoms with E-state index >= 15 is 0 Å². The van der Waals surface area contributed by atoms with Gasteiger partial charge < -0.3 is 24.6 Å². The second-order valence-corrected chi connectivity index (χ2v) is 7.17. The number of carbonyl (C=O) groups is 2. The van der Waals surface area contributed by atoms with Crippen LogP contribution in [0.2, 0.25) is 0 Å². The van der Waals surface area contributed by atoms with Crippen LogP contribution in [-0.2, 0) is 9.59 Å². The van der Waals surface area contributed by atoms with E-state index < -0.39 is 6.10 Å². The molecule has 1 fully saturated rings. The Morgan fingerprint density at radius 1 is 1.00 bits per heavy atom. The van der Waals surface area contributed by atoms with Crippen LogP contribution in [0, 0.1) is 0 Å². The fourth-order valence-corrected chi connectivity index (χ4v) is 3.51. The first-order chi connectivity index (χ1) is 14.7. The third-order valence-electron chi connectivity index (χ3n) is 5.14. The van der Waals surface area contributed by atoms with Crippen molar-refractivity contribution in [3.8, 4) is 11.5 Å². The van der Waals surface area contributed by atoms with Crippen LogP contribution < -0.4 is 14.8 Å². The lowest BCUT2D eigenvalue weighted by Gasteiger charge is -2.37. The maximum Gasteiger partial charge on any atom is 0.267 e. The van der Waals surface area contributed by atoms with E-state index in [1.165, 1.54) is 0 Å². The lowest BCUT2D eigenvalue weighted by Crippen LogP contribution is -2.55. The first-order valence-electron chi connectivity index (χ1n) is 10.2. The van der Waals surface area contributed by atoms with E-state index in [-0.39, 0.29) is 18.4 Å². The predicted molar refractivity (Wildman–Crippen MR) is 109 cm³/mol. The van der Waals surface area contributed by atoms with Gasteiger partial charge in [-0.05, 0) is 24.6 Å². The van der Waals surface area contributed by atoms with Gasteiger partial charge in [0.25, 0.3) is 5.91 Å². The van der Waals surface area contributed by atoms with Crippen molar-refractivity contribution in [1.82, 2.24) is 19.8 Å². The number of fused-ring (bicyclic) bond motifs is 1. The van der Waals surface area contributed by atoms with Gasteiger partial charge in [0, 0.05) is 51.5 Å². The van der Waals surface area contributed by atoms with Crippen molar-refractivity contribution in [1.29, 1.82) is 0 Å². The van der Waals surface area contributed by atoms with Gasteiger partial charge in [-0.2, -0.15) is 0 Å². The predicted octanol–water partition coefficient (Wildman–Crippen LogP) is 1.18. The summed E-state index contributed by atoms with van der Waals surface area (Å²) in [6.45, 7) is 2.90. The number of hydrogen-bond donors (Lipinski definition) is 1. The molecule has 1 aromatic heterocycles. The van der Waals surface area contributed by atoms with Crippen LogP contribution in [-0.4, -0.2) is 77.0 Å². The number of nitrogens with one attached hydrogen (secondary N) is 1. The Morgan fingerprint density at radius 3 is 2.47 bits per heavy atom. The summed E-state index contributed by atoms with van der Waals surface area (Å²) in [6.07, 6.45) is 3.84. The SMILES string of the molecule is O=C(CCCNc1ncccn1)N1CCN(C(=O)C2COc3ccccc3O2)CC1. The molecule has 1 N–H and O–H groups in total. The van der Waals surface area contributed by atoms with Gasteiger partial charge in [0.1, 0.15) is 6.61 Å². The average Bonchev–Trinajstić information content (AvgIpc) is 2.81. The maximum absolute atomic E-state index is 12.8. The molecule has 3 heterocycles. The first kappa shape index (κ1) is 19.9. The molecule has 0 bridgehead atoms. The minimum Gasteiger partial charge on any atom is -0.485 e. The van der Waals surface area contributed by atoms with E-state index in [9.17, 15) is 9.59 Å². The highest BCUT2D eigenvalue weighted by atomic mass is 16.6. The molecular formula is C21H25N5O4. The third-order valence-corrected chi connectivity index (χ3v) is 5.14. The van der Waals surface area contributed by atoms with Crippen molar-refractivity contribution < 1.29 is 19.1 Å². The quantitative estimate of drug-likeness (QED) is 0.713. The second kappa shape index (κ2) is 9.43. The molecule has 4 rings (SSSR count). The lowest BCUT2D eigenvalue weighted by molar-refractivity contribution is -0.146. The molecule has 158 valence electrons. The molecule has 0 aliphatic carbocycles. The van der Waals surface area contributed by atoms with E-state index in [1.54, 1.807) is 29.4 Å². The monoisotopic (exact) mass is 411 g/mol. The van der Waals surface area contributed by atoms with Gasteiger partial charge in [0.15, 0.2) is 11.5 Å². The number of piperazine rings is 1. The summed E-state index contributed by atoms with van der Waals surface area (Å²) >= 11 is 0. The third kappa shape index (κ3) is 4.79. The number of anilines is 1.